The maximum Gasteiger partial charge on any atom is 0.228 e. The summed E-state index contributed by atoms with van der Waals surface area (Å²) < 4.78 is 6.06. The fourth-order valence-corrected chi connectivity index (χ4v) is 2.75. The summed E-state index contributed by atoms with van der Waals surface area (Å²) in [6.07, 6.45) is 0.355. The molecule has 1 amide bonds. The second-order valence-corrected chi connectivity index (χ2v) is 5.56. The number of benzene rings is 1. The summed E-state index contributed by atoms with van der Waals surface area (Å²) in [5.41, 5.74) is 8.57. The molecule has 1 aromatic carbocycles. The van der Waals surface area contributed by atoms with Crippen LogP contribution in [0.3, 0.4) is 0 Å². The lowest BCUT2D eigenvalue weighted by atomic mass is 10.0. The summed E-state index contributed by atoms with van der Waals surface area (Å²) >= 11 is 9.46. The maximum atomic E-state index is 11.4. The lowest BCUT2D eigenvalue weighted by molar-refractivity contribution is -0.115. The molecular weight excluding hydrogens is 332 g/mol. The number of hydrogen-bond acceptors (Lipinski definition) is 3. The lowest BCUT2D eigenvalue weighted by Gasteiger charge is -2.13. The minimum absolute atomic E-state index is 0.0301. The molecule has 0 radical (unpaired) electrons. The predicted molar refractivity (Wildman–Crippen MR) is 76.2 cm³/mol. The summed E-state index contributed by atoms with van der Waals surface area (Å²) in [5, 5.41) is 3.27. The topological polar surface area (TPSA) is 68.3 Å². The van der Waals surface area contributed by atoms with Gasteiger partial charge in [0.25, 0.3) is 0 Å². The SMILES string of the molecule is NC(c1ccc(Br)o1)c1cc2c(cc1Cl)NC(=O)C2. The van der Waals surface area contributed by atoms with E-state index in [1.807, 2.05) is 6.07 Å². The van der Waals surface area contributed by atoms with Crippen molar-refractivity contribution in [1.29, 1.82) is 0 Å². The average Bonchev–Trinajstić information content (AvgIpc) is 2.92. The van der Waals surface area contributed by atoms with E-state index in [1.165, 1.54) is 0 Å². The highest BCUT2D eigenvalue weighted by molar-refractivity contribution is 9.10. The molecule has 3 N–H and O–H groups in total. The molecule has 0 saturated carbocycles. The summed E-state index contributed by atoms with van der Waals surface area (Å²) in [6, 6.07) is 6.70. The van der Waals surface area contributed by atoms with Crippen molar-refractivity contribution in [3.8, 4) is 0 Å². The second-order valence-electron chi connectivity index (χ2n) is 4.38. The van der Waals surface area contributed by atoms with Gasteiger partial charge in [0, 0.05) is 10.7 Å². The van der Waals surface area contributed by atoms with Crippen molar-refractivity contribution in [2.45, 2.75) is 12.5 Å². The molecule has 19 heavy (non-hydrogen) atoms. The Morgan fingerprint density at radius 1 is 1.42 bits per heavy atom. The molecule has 3 rings (SSSR count). The number of carbonyl (C=O) groups is 1. The van der Waals surface area contributed by atoms with Gasteiger partial charge in [0.05, 0.1) is 12.5 Å². The highest BCUT2D eigenvalue weighted by Crippen LogP contribution is 2.35. The summed E-state index contributed by atoms with van der Waals surface area (Å²) in [6.45, 7) is 0. The quantitative estimate of drug-likeness (QED) is 0.881. The fraction of sp³-hybridized carbons (Fsp3) is 0.154. The number of rotatable bonds is 2. The predicted octanol–water partition coefficient (Wildman–Crippen LogP) is 3.24. The van der Waals surface area contributed by atoms with Crippen LogP contribution in [0.4, 0.5) is 5.69 Å². The minimum Gasteiger partial charge on any atom is -0.452 e. The normalized spacial score (nSPS) is 15.2. The van der Waals surface area contributed by atoms with Crippen molar-refractivity contribution >= 4 is 39.1 Å². The van der Waals surface area contributed by atoms with Crippen LogP contribution in [0.5, 0.6) is 0 Å². The molecule has 1 aliphatic rings. The third-order valence-electron chi connectivity index (χ3n) is 3.08. The monoisotopic (exact) mass is 340 g/mol. The van der Waals surface area contributed by atoms with Crippen LogP contribution < -0.4 is 11.1 Å². The van der Waals surface area contributed by atoms with Gasteiger partial charge in [-0.05, 0) is 51.3 Å². The van der Waals surface area contributed by atoms with E-state index in [-0.39, 0.29) is 5.91 Å². The van der Waals surface area contributed by atoms with Gasteiger partial charge in [-0.15, -0.1) is 0 Å². The van der Waals surface area contributed by atoms with Crippen LogP contribution in [-0.4, -0.2) is 5.91 Å². The van der Waals surface area contributed by atoms with Crippen molar-refractivity contribution < 1.29 is 9.21 Å². The van der Waals surface area contributed by atoms with Crippen molar-refractivity contribution in [1.82, 2.24) is 0 Å². The van der Waals surface area contributed by atoms with Crippen molar-refractivity contribution in [2.24, 2.45) is 5.73 Å². The van der Waals surface area contributed by atoms with Gasteiger partial charge >= 0.3 is 0 Å². The van der Waals surface area contributed by atoms with Gasteiger partial charge in [-0.25, -0.2) is 0 Å². The van der Waals surface area contributed by atoms with Gasteiger partial charge in [-0.1, -0.05) is 11.6 Å². The van der Waals surface area contributed by atoms with Crippen LogP contribution in [0.25, 0.3) is 0 Å². The van der Waals surface area contributed by atoms with Gasteiger partial charge in [-0.3, -0.25) is 4.79 Å². The Bertz CT molecular complexity index is 669. The maximum absolute atomic E-state index is 11.4. The van der Waals surface area contributed by atoms with E-state index in [4.69, 9.17) is 21.8 Å². The summed E-state index contributed by atoms with van der Waals surface area (Å²) in [7, 11) is 0. The first-order valence-electron chi connectivity index (χ1n) is 5.67. The fourth-order valence-electron chi connectivity index (χ4n) is 2.15. The number of hydrogen-bond donors (Lipinski definition) is 2. The molecule has 0 bridgehead atoms. The van der Waals surface area contributed by atoms with Gasteiger partial charge < -0.3 is 15.5 Å². The third kappa shape index (κ3) is 2.29. The molecule has 6 heteroatoms. The van der Waals surface area contributed by atoms with Gasteiger partial charge in [0.1, 0.15) is 5.76 Å². The van der Waals surface area contributed by atoms with Crippen LogP contribution in [0, 0.1) is 0 Å². The highest BCUT2D eigenvalue weighted by atomic mass is 79.9. The van der Waals surface area contributed by atoms with E-state index in [0.29, 0.717) is 21.9 Å². The number of carbonyl (C=O) groups excluding carboxylic acids is 1. The van der Waals surface area contributed by atoms with Crippen LogP contribution in [0.2, 0.25) is 5.02 Å². The standard InChI is InChI=1S/C13H10BrClN2O2/c14-11-2-1-10(19-11)13(16)7-3-6-4-12(18)17-9(6)5-8(7)15/h1-3,5,13H,4,16H2,(H,17,18). The number of furan rings is 1. The molecule has 2 aromatic rings. The van der Waals surface area contributed by atoms with E-state index >= 15 is 0 Å². The first kappa shape index (κ1) is 12.7. The smallest absolute Gasteiger partial charge is 0.228 e. The van der Waals surface area contributed by atoms with E-state index < -0.39 is 6.04 Å². The Morgan fingerprint density at radius 2 is 2.21 bits per heavy atom. The number of anilines is 1. The van der Waals surface area contributed by atoms with Crippen molar-refractivity contribution in [3.63, 3.8) is 0 Å². The molecule has 1 aliphatic heterocycles. The summed E-state index contributed by atoms with van der Waals surface area (Å²) in [5.74, 6) is 0.587. The Hall–Kier alpha value is -1.30. The van der Waals surface area contributed by atoms with Crippen LogP contribution in [0.15, 0.2) is 33.4 Å². The van der Waals surface area contributed by atoms with E-state index in [2.05, 4.69) is 21.2 Å². The Labute approximate surface area is 123 Å². The average molecular weight is 342 g/mol. The molecule has 98 valence electrons. The zero-order valence-corrected chi connectivity index (χ0v) is 12.1. The first-order chi connectivity index (χ1) is 9.04. The zero-order valence-electron chi connectivity index (χ0n) is 9.74. The molecule has 0 aliphatic carbocycles. The second kappa shape index (κ2) is 4.67. The lowest BCUT2D eigenvalue weighted by Crippen LogP contribution is -2.11. The Kier molecular flexibility index (Phi) is 3.12. The van der Waals surface area contributed by atoms with Crippen molar-refractivity contribution in [2.75, 3.05) is 5.32 Å². The Balaban J connectivity index is 2.02. The van der Waals surface area contributed by atoms with Crippen LogP contribution >= 0.6 is 27.5 Å². The van der Waals surface area contributed by atoms with Gasteiger partial charge in [0.15, 0.2) is 4.67 Å². The molecule has 1 aromatic heterocycles. The number of fused-ring (bicyclic) bond motifs is 1. The molecule has 4 nitrogen and oxygen atoms in total. The van der Waals surface area contributed by atoms with Gasteiger partial charge in [-0.2, -0.15) is 0 Å². The zero-order chi connectivity index (χ0) is 13.6. The molecule has 0 fully saturated rings. The minimum atomic E-state index is -0.459. The third-order valence-corrected chi connectivity index (χ3v) is 3.84. The van der Waals surface area contributed by atoms with E-state index in [9.17, 15) is 4.79 Å². The molecule has 1 unspecified atom stereocenters. The highest BCUT2D eigenvalue weighted by Gasteiger charge is 2.23. The van der Waals surface area contributed by atoms with Crippen LogP contribution in [0.1, 0.15) is 22.9 Å². The number of nitrogens with two attached hydrogens (primary N) is 1. The molecule has 0 saturated heterocycles. The van der Waals surface area contributed by atoms with E-state index in [0.717, 1.165) is 16.8 Å². The van der Waals surface area contributed by atoms with Gasteiger partial charge in [0.2, 0.25) is 5.91 Å². The molecular formula is C13H10BrClN2O2. The molecule has 0 spiro atoms. The van der Waals surface area contributed by atoms with E-state index in [1.54, 1.807) is 18.2 Å². The van der Waals surface area contributed by atoms with Crippen LogP contribution in [-0.2, 0) is 11.2 Å². The van der Waals surface area contributed by atoms with Crippen molar-refractivity contribution in [3.05, 3.63) is 50.8 Å². The number of amides is 1. The number of nitrogens with one attached hydrogen (secondary N) is 1. The molecule has 1 atom stereocenters. The number of halogens is 2. The first-order valence-corrected chi connectivity index (χ1v) is 6.84. The Morgan fingerprint density at radius 3 is 2.89 bits per heavy atom. The molecule has 2 heterocycles. The largest absolute Gasteiger partial charge is 0.452 e. The summed E-state index contributed by atoms with van der Waals surface area (Å²) in [4.78, 5) is 11.4.